The van der Waals surface area contributed by atoms with Gasteiger partial charge in [0.05, 0.1) is 25.0 Å². The number of phenols is 1. The van der Waals surface area contributed by atoms with Gasteiger partial charge in [-0.2, -0.15) is 0 Å². The highest BCUT2D eigenvalue weighted by atomic mass is 35.5. The standard InChI is InChI=1S/C13H16ClN3O3S/c1-16-6-7-17(10-16)5-2-8-21(19,20)15-12-9-11(14)3-4-13(12)18/h3-4,6-7,9-10,15H,2,5,8H2,1H3/p+1. The van der Waals surface area contributed by atoms with Crippen molar-refractivity contribution in [1.82, 2.24) is 4.57 Å². The molecule has 0 aliphatic carbocycles. The second-order valence-corrected chi connectivity index (χ2v) is 7.03. The van der Waals surface area contributed by atoms with Gasteiger partial charge in [-0.15, -0.1) is 0 Å². The number of sulfonamides is 1. The highest BCUT2D eigenvalue weighted by molar-refractivity contribution is 7.92. The maximum absolute atomic E-state index is 12.0. The van der Waals surface area contributed by atoms with E-state index in [0.29, 0.717) is 18.0 Å². The van der Waals surface area contributed by atoms with E-state index in [4.69, 9.17) is 11.6 Å². The van der Waals surface area contributed by atoms with Gasteiger partial charge in [0, 0.05) is 11.4 Å². The van der Waals surface area contributed by atoms with Gasteiger partial charge >= 0.3 is 0 Å². The van der Waals surface area contributed by atoms with Crippen LogP contribution >= 0.6 is 11.6 Å². The average Bonchev–Trinajstić information content (AvgIpc) is 2.79. The summed E-state index contributed by atoms with van der Waals surface area (Å²) < 4.78 is 30.1. The Morgan fingerprint density at radius 1 is 1.43 bits per heavy atom. The highest BCUT2D eigenvalue weighted by Gasteiger charge is 2.14. The minimum absolute atomic E-state index is 0.0408. The lowest BCUT2D eigenvalue weighted by Crippen LogP contribution is -2.24. The number of imidazole rings is 1. The molecule has 0 bridgehead atoms. The van der Waals surface area contributed by atoms with Gasteiger partial charge in [-0.05, 0) is 18.2 Å². The fourth-order valence-corrected chi connectivity index (χ4v) is 3.16. The minimum atomic E-state index is -3.53. The molecule has 6 nitrogen and oxygen atoms in total. The molecule has 0 aliphatic rings. The summed E-state index contributed by atoms with van der Waals surface area (Å²) in [6.45, 7) is 0.600. The number of hydrogen-bond acceptors (Lipinski definition) is 3. The van der Waals surface area contributed by atoms with E-state index >= 15 is 0 Å². The Morgan fingerprint density at radius 2 is 2.19 bits per heavy atom. The Hall–Kier alpha value is -1.73. The fourth-order valence-electron chi connectivity index (χ4n) is 1.88. The van der Waals surface area contributed by atoms with Crippen LogP contribution in [0.4, 0.5) is 5.69 Å². The first-order valence-corrected chi connectivity index (χ1v) is 8.39. The lowest BCUT2D eigenvalue weighted by atomic mass is 10.3. The first kappa shape index (κ1) is 15.7. The Kier molecular flexibility index (Phi) is 4.74. The number of halogens is 1. The quantitative estimate of drug-likeness (QED) is 0.622. The molecular formula is C13H17ClN3O3S+. The van der Waals surface area contributed by atoms with Crippen molar-refractivity contribution in [3.63, 3.8) is 0 Å². The smallest absolute Gasteiger partial charge is 0.243 e. The molecule has 21 heavy (non-hydrogen) atoms. The van der Waals surface area contributed by atoms with E-state index in [1.54, 1.807) is 0 Å². The molecular weight excluding hydrogens is 314 g/mol. The molecule has 1 aromatic carbocycles. The molecule has 0 saturated carbocycles. The summed E-state index contributed by atoms with van der Waals surface area (Å²) in [7, 11) is -1.63. The zero-order chi connectivity index (χ0) is 15.5. The normalized spacial score (nSPS) is 11.5. The molecule has 2 aromatic rings. The summed E-state index contributed by atoms with van der Waals surface area (Å²) in [5.74, 6) is -0.193. The van der Waals surface area contributed by atoms with E-state index in [2.05, 4.69) is 4.72 Å². The monoisotopic (exact) mass is 330 g/mol. The Balaban J connectivity index is 1.94. The molecule has 114 valence electrons. The van der Waals surface area contributed by atoms with Crippen molar-refractivity contribution in [2.24, 2.45) is 7.05 Å². The van der Waals surface area contributed by atoms with E-state index < -0.39 is 10.0 Å². The lowest BCUT2D eigenvalue weighted by Gasteiger charge is -2.09. The highest BCUT2D eigenvalue weighted by Crippen LogP contribution is 2.27. The van der Waals surface area contributed by atoms with Gasteiger partial charge in [0.25, 0.3) is 0 Å². The van der Waals surface area contributed by atoms with Crippen LogP contribution in [0.25, 0.3) is 0 Å². The third-order valence-corrected chi connectivity index (χ3v) is 4.47. The molecule has 0 unspecified atom stereocenters. The average molecular weight is 331 g/mol. The number of aryl methyl sites for hydroxylation is 2. The predicted molar refractivity (Wildman–Crippen MR) is 80.8 cm³/mol. The molecule has 0 fully saturated rings. The van der Waals surface area contributed by atoms with E-state index in [1.165, 1.54) is 18.2 Å². The van der Waals surface area contributed by atoms with Gasteiger partial charge in [-0.3, -0.25) is 4.72 Å². The second-order valence-electron chi connectivity index (χ2n) is 4.75. The van der Waals surface area contributed by atoms with Gasteiger partial charge in [-0.25, -0.2) is 17.6 Å². The number of aromatic hydroxyl groups is 1. The molecule has 0 aliphatic heterocycles. The summed E-state index contributed by atoms with van der Waals surface area (Å²) in [4.78, 5) is 0. The Morgan fingerprint density at radius 3 is 2.86 bits per heavy atom. The number of aromatic nitrogens is 2. The molecule has 1 heterocycles. The van der Waals surface area contributed by atoms with Crippen molar-refractivity contribution in [2.45, 2.75) is 13.0 Å². The van der Waals surface area contributed by atoms with E-state index in [1.807, 2.05) is 34.9 Å². The van der Waals surface area contributed by atoms with Crippen LogP contribution in [0, 0.1) is 0 Å². The maximum Gasteiger partial charge on any atom is 0.243 e. The zero-order valence-electron chi connectivity index (χ0n) is 11.5. The van der Waals surface area contributed by atoms with E-state index in [-0.39, 0.29) is 17.2 Å². The summed E-state index contributed by atoms with van der Waals surface area (Å²) in [5.41, 5.74) is 0.0925. The van der Waals surface area contributed by atoms with Crippen molar-refractivity contribution in [3.05, 3.63) is 41.9 Å². The third-order valence-electron chi connectivity index (χ3n) is 2.88. The SMILES string of the molecule is C[n+]1ccn(CCCS(=O)(=O)Nc2cc(Cl)ccc2O)c1. The number of nitrogens with one attached hydrogen (secondary N) is 1. The van der Waals surface area contributed by atoms with Crippen LogP contribution < -0.4 is 9.29 Å². The van der Waals surface area contributed by atoms with Gasteiger partial charge < -0.3 is 5.11 Å². The van der Waals surface area contributed by atoms with Gasteiger partial charge in [0.1, 0.15) is 18.1 Å². The molecule has 0 radical (unpaired) electrons. The van der Waals surface area contributed by atoms with E-state index in [0.717, 1.165) is 0 Å². The molecule has 2 N–H and O–H groups in total. The number of anilines is 1. The van der Waals surface area contributed by atoms with Crippen molar-refractivity contribution in [1.29, 1.82) is 0 Å². The number of hydrogen-bond donors (Lipinski definition) is 2. The van der Waals surface area contributed by atoms with Crippen molar-refractivity contribution >= 4 is 27.3 Å². The molecule has 0 spiro atoms. The third kappa shape index (κ3) is 4.64. The number of benzene rings is 1. The molecule has 1 aromatic heterocycles. The van der Waals surface area contributed by atoms with Crippen molar-refractivity contribution in [2.75, 3.05) is 10.5 Å². The lowest BCUT2D eigenvalue weighted by molar-refractivity contribution is -0.671. The number of rotatable bonds is 6. The summed E-state index contributed by atoms with van der Waals surface area (Å²) in [5, 5.41) is 9.96. The number of nitrogens with zero attached hydrogens (tertiary/aromatic N) is 2. The fraction of sp³-hybridized carbons (Fsp3) is 0.308. The maximum atomic E-state index is 12.0. The molecule has 2 rings (SSSR count). The predicted octanol–water partition coefficient (Wildman–Crippen LogP) is 1.50. The molecule has 0 atom stereocenters. The molecule has 0 amide bonds. The largest absolute Gasteiger partial charge is 0.506 e. The summed E-state index contributed by atoms with van der Waals surface area (Å²) in [6.07, 6.45) is 6.10. The van der Waals surface area contributed by atoms with Gasteiger partial charge in [0.15, 0.2) is 0 Å². The van der Waals surface area contributed by atoms with Crippen LogP contribution in [-0.4, -0.2) is 23.8 Å². The second kappa shape index (κ2) is 6.36. The topological polar surface area (TPSA) is 75.2 Å². The summed E-state index contributed by atoms with van der Waals surface area (Å²) >= 11 is 5.78. The van der Waals surface area contributed by atoms with Gasteiger partial charge in [0.2, 0.25) is 16.4 Å². The zero-order valence-corrected chi connectivity index (χ0v) is 13.1. The van der Waals surface area contributed by atoms with Crippen molar-refractivity contribution < 1.29 is 18.1 Å². The van der Waals surface area contributed by atoms with Crippen LogP contribution in [0.3, 0.4) is 0 Å². The van der Waals surface area contributed by atoms with Crippen LogP contribution in [0.15, 0.2) is 36.9 Å². The minimum Gasteiger partial charge on any atom is -0.506 e. The Bertz CT molecular complexity index is 728. The van der Waals surface area contributed by atoms with Crippen LogP contribution in [0.2, 0.25) is 5.02 Å². The van der Waals surface area contributed by atoms with Crippen molar-refractivity contribution in [3.8, 4) is 5.75 Å². The summed E-state index contributed by atoms with van der Waals surface area (Å²) in [6, 6.07) is 4.21. The Labute approximate surface area is 128 Å². The first-order valence-electron chi connectivity index (χ1n) is 6.36. The first-order chi connectivity index (χ1) is 9.85. The van der Waals surface area contributed by atoms with Crippen LogP contribution in [0.1, 0.15) is 6.42 Å². The van der Waals surface area contributed by atoms with Crippen LogP contribution in [0.5, 0.6) is 5.75 Å². The van der Waals surface area contributed by atoms with Crippen LogP contribution in [-0.2, 0) is 23.6 Å². The van der Waals surface area contributed by atoms with Gasteiger partial charge in [-0.1, -0.05) is 11.6 Å². The number of phenolic OH excluding ortho intramolecular Hbond substituents is 1. The molecule has 8 heteroatoms. The van der Waals surface area contributed by atoms with E-state index in [9.17, 15) is 13.5 Å². The molecule has 0 saturated heterocycles.